The molecular weight excluding hydrogens is 1720 g/mol. The van der Waals surface area contributed by atoms with Gasteiger partial charge in [0, 0.05) is 256 Å². The molecule has 0 saturated heterocycles. The molecule has 0 saturated carbocycles. The molecule has 538 valence electrons. The van der Waals surface area contributed by atoms with Crippen molar-refractivity contribution in [1.29, 1.82) is 0 Å². The van der Waals surface area contributed by atoms with Gasteiger partial charge in [0.25, 0.3) is 0 Å². The first-order chi connectivity index (χ1) is 54.7. The quantitative estimate of drug-likeness (QED) is 0.148. The Bertz CT molecular complexity index is 7560. The van der Waals surface area contributed by atoms with E-state index in [1.54, 1.807) is 0 Å². The molecule has 5 heterocycles. The second-order valence-electron chi connectivity index (χ2n) is 29.0. The van der Waals surface area contributed by atoms with E-state index in [0.29, 0.717) is 0 Å². The first-order valence-electron chi connectivity index (χ1n) is 37.8. The minimum absolute atomic E-state index is 0. The zero-order chi connectivity index (χ0) is 74.2. The van der Waals surface area contributed by atoms with Gasteiger partial charge in [-0.1, -0.05) is 182 Å². The van der Waals surface area contributed by atoms with E-state index in [4.69, 9.17) is 0 Å². The third-order valence-corrected chi connectivity index (χ3v) is 24.0. The van der Waals surface area contributed by atoms with Crippen LogP contribution in [0, 0.1) is 24.3 Å². The van der Waals surface area contributed by atoms with E-state index in [2.05, 4.69) is 386 Å². The average Bonchev–Trinajstić information content (AvgIpc) is 1.56. The first kappa shape index (κ1) is 79.4. The molecule has 0 atom stereocenters. The average molecular weight is 1790 g/mol. The molecule has 9 heteroatoms. The van der Waals surface area contributed by atoms with Crippen molar-refractivity contribution >= 4 is 152 Å². The van der Waals surface area contributed by atoms with Gasteiger partial charge in [-0.2, -0.15) is 115 Å². The number of hydrogen-bond donors (Lipinski definition) is 0. The molecule has 0 amide bonds. The van der Waals surface area contributed by atoms with Gasteiger partial charge in [-0.3, -0.25) is 0 Å². The van der Waals surface area contributed by atoms with Gasteiger partial charge < -0.3 is 18.3 Å². The summed E-state index contributed by atoms with van der Waals surface area (Å²) in [6.45, 7) is 0. The number of aryl methyl sites for hydroxylation is 4. The Labute approximate surface area is 773 Å². The molecule has 4 radical (unpaired) electrons. The number of fused-ring (bicyclic) bond motifs is 21. The molecule has 0 fully saturated rings. The summed E-state index contributed by atoms with van der Waals surface area (Å²) in [5, 5.41) is 23.5. The molecule has 0 aliphatic carbocycles. The summed E-state index contributed by atoms with van der Waals surface area (Å²) in [6, 6.07) is 143. The van der Waals surface area contributed by atoms with Crippen molar-refractivity contribution < 1.29 is 131 Å². The summed E-state index contributed by atoms with van der Waals surface area (Å²) in [4.78, 5) is 2.59. The van der Waals surface area contributed by atoms with Crippen molar-refractivity contribution in [1.82, 2.24) is 18.3 Å². The maximum Gasteiger partial charge on any atom is 0.0495 e. The van der Waals surface area contributed by atoms with Gasteiger partial charge in [0.15, 0.2) is 0 Å². The molecule has 18 aromatic carbocycles. The van der Waals surface area contributed by atoms with Crippen LogP contribution in [0.3, 0.4) is 0 Å². The third kappa shape index (κ3) is 14.7. The molecule has 23 rings (SSSR count). The van der Waals surface area contributed by atoms with Crippen LogP contribution in [0.1, 0.15) is 0 Å². The summed E-state index contributed by atoms with van der Waals surface area (Å²) >= 11 is 1.84. The third-order valence-electron chi connectivity index (χ3n) is 22.8. The molecule has 0 bridgehead atoms. The van der Waals surface area contributed by atoms with Crippen LogP contribution >= 0.6 is 11.3 Å². The van der Waals surface area contributed by atoms with E-state index in [-0.39, 0.29) is 131 Å². The van der Waals surface area contributed by atoms with Gasteiger partial charge in [0.1, 0.15) is 0 Å². The number of nitrogens with zero attached hydrogens (tertiary/aromatic N) is 4. The van der Waals surface area contributed by atoms with Gasteiger partial charge in [0.05, 0.1) is 0 Å². The molecular formula is C106H72N4SY4-4. The normalized spacial score (nSPS) is 11.2. The summed E-state index contributed by atoms with van der Waals surface area (Å²) in [5.41, 5.74) is 22.6. The van der Waals surface area contributed by atoms with Gasteiger partial charge in [-0.05, 0) is 167 Å². The molecule has 0 N–H and O–H groups in total. The minimum Gasteiger partial charge on any atom is -0.344 e. The summed E-state index contributed by atoms with van der Waals surface area (Å²) in [6.07, 6.45) is 0. The predicted molar refractivity (Wildman–Crippen MR) is 475 cm³/mol. The Morgan fingerprint density at radius 2 is 0.452 bits per heavy atom. The Kier molecular flexibility index (Phi) is 23.5. The number of thiophene rings is 1. The fourth-order valence-electron chi connectivity index (χ4n) is 17.1. The summed E-state index contributed by atoms with van der Waals surface area (Å²) in [5.74, 6) is 0. The number of benzene rings is 18. The fraction of sp³-hybridized carbons (Fsp3) is 0.0377. The van der Waals surface area contributed by atoms with Gasteiger partial charge in [-0.25, -0.2) is 0 Å². The van der Waals surface area contributed by atoms with Crippen LogP contribution < -0.4 is 0 Å². The van der Waals surface area contributed by atoms with Crippen molar-refractivity contribution in [3.63, 3.8) is 0 Å². The van der Waals surface area contributed by atoms with Crippen molar-refractivity contribution in [2.75, 3.05) is 0 Å². The minimum atomic E-state index is 0. The SMILES string of the molecule is Cn1c2ccc(-c3cc[c-]cc3)cc2c2c3ccccc3ccc21.Cn1c2ccc(-c3ccc(-c4cc[c-]cc4)cc3)cc2c2c3ccccc3ccc21.Cn1c2ccc(-c3ccc(-c4cc[c-]cc4)s3)cc2c2c3ccccc3ccc21.Cn1c2ccc(-c3ccc4c[c-]ccc4c3)cc2c2c3ccccc3ccc21.[Y].[Y].[Y].[Y]. The van der Waals surface area contributed by atoms with Crippen LogP contribution in [0.15, 0.2) is 364 Å². The van der Waals surface area contributed by atoms with Crippen molar-refractivity contribution in [3.05, 3.63) is 388 Å². The van der Waals surface area contributed by atoms with E-state index in [0.717, 1.165) is 0 Å². The smallest absolute Gasteiger partial charge is 0.0495 e. The maximum atomic E-state index is 3.16. The number of rotatable bonds is 6. The van der Waals surface area contributed by atoms with E-state index in [1.165, 1.54) is 206 Å². The predicted octanol–water partition coefficient (Wildman–Crippen LogP) is 28.3. The molecule has 5 aromatic heterocycles. The summed E-state index contributed by atoms with van der Waals surface area (Å²) < 4.78 is 9.20. The van der Waals surface area contributed by atoms with Crippen molar-refractivity contribution in [2.24, 2.45) is 28.2 Å². The van der Waals surface area contributed by atoms with Crippen molar-refractivity contribution in [2.45, 2.75) is 0 Å². The maximum absolute atomic E-state index is 3.16. The van der Waals surface area contributed by atoms with Gasteiger partial charge in [-0.15, -0.1) is 44.9 Å². The first-order valence-corrected chi connectivity index (χ1v) is 38.6. The molecule has 0 spiro atoms. The molecule has 23 aromatic rings. The molecule has 115 heavy (non-hydrogen) atoms. The topological polar surface area (TPSA) is 19.7 Å². The van der Waals surface area contributed by atoms with E-state index >= 15 is 0 Å². The molecule has 0 aliphatic heterocycles. The van der Waals surface area contributed by atoms with Crippen LogP contribution in [0.5, 0.6) is 0 Å². The Balaban J connectivity index is 0.000000114. The van der Waals surface area contributed by atoms with Gasteiger partial charge >= 0.3 is 0 Å². The van der Waals surface area contributed by atoms with E-state index < -0.39 is 0 Å². The Morgan fingerprint density at radius 3 is 0.843 bits per heavy atom. The Morgan fingerprint density at radius 1 is 0.191 bits per heavy atom. The summed E-state index contributed by atoms with van der Waals surface area (Å²) in [7, 11) is 8.63. The molecule has 4 nitrogen and oxygen atoms in total. The monoisotopic (exact) mass is 1790 g/mol. The zero-order valence-electron chi connectivity index (χ0n) is 64.1. The van der Waals surface area contributed by atoms with Crippen LogP contribution in [0.2, 0.25) is 0 Å². The largest absolute Gasteiger partial charge is 0.344 e. The fourth-order valence-corrected chi connectivity index (χ4v) is 18.1. The Hall–Kier alpha value is -9.42. The number of aromatic nitrogens is 4. The van der Waals surface area contributed by atoms with Gasteiger partial charge in [0.2, 0.25) is 0 Å². The number of hydrogen-bond acceptors (Lipinski definition) is 1. The van der Waals surface area contributed by atoms with Crippen LogP contribution in [0.25, 0.3) is 206 Å². The molecule has 0 aliphatic rings. The van der Waals surface area contributed by atoms with Crippen LogP contribution in [0.4, 0.5) is 0 Å². The molecule has 0 unspecified atom stereocenters. The van der Waals surface area contributed by atoms with Crippen molar-refractivity contribution in [3.8, 4) is 65.4 Å². The second-order valence-corrected chi connectivity index (χ2v) is 30.1. The van der Waals surface area contributed by atoms with Crippen LogP contribution in [-0.2, 0) is 159 Å². The van der Waals surface area contributed by atoms with Crippen LogP contribution in [-0.4, -0.2) is 18.3 Å². The second kappa shape index (κ2) is 34.0. The van der Waals surface area contributed by atoms with E-state index in [9.17, 15) is 0 Å². The standard InChI is InChI=1S/C29H20N.C27H18NS.C27H18N.C23H16N.4Y/c1-30-27-17-16-24(22-13-11-21(12-14-22)20-7-3-2-4-8-20)19-26(27)29-25-10-6-5-9-23(25)15-18-28(29)30;1-28-23-13-12-20(26-16-15-25(29-26)19-8-3-2-4-9-19)17-22(23)27-21-10-6-5-7-18(21)11-14-24(27)28;1-28-25-14-13-22(21-11-10-18-6-2-3-8-20(18)16-21)17-24(25)27-23-9-5-4-7-19(23)12-15-26(27)28;1-24-21-13-12-18(16-7-3-2-4-8-16)15-20(21)23-19-10-6-5-9-17(19)11-14-22(23)24;;;;/h3-19H,1H3;3-17H,1H3;3-17H,1H3;3-15H,1H3;;;;/q4*-1;;;;. The zero-order valence-corrected chi connectivity index (χ0v) is 76.3. The van der Waals surface area contributed by atoms with E-state index in [1.807, 2.05) is 59.9 Å².